The highest BCUT2D eigenvalue weighted by Crippen LogP contribution is 2.54. The Balaban J connectivity index is 1.60. The number of para-hydroxylation sites is 1. The van der Waals surface area contributed by atoms with Crippen molar-refractivity contribution in [1.29, 1.82) is 0 Å². The Kier molecular flexibility index (Phi) is 4.48. The van der Waals surface area contributed by atoms with Gasteiger partial charge in [0.15, 0.2) is 0 Å². The van der Waals surface area contributed by atoms with Crippen LogP contribution in [0.5, 0.6) is 0 Å². The lowest BCUT2D eigenvalue weighted by Gasteiger charge is -2.30. The summed E-state index contributed by atoms with van der Waals surface area (Å²) in [6.07, 6.45) is 0.805. The average Bonchev–Trinajstić information content (AvgIpc) is 3.36. The number of halogens is 1. The second-order valence-corrected chi connectivity index (χ2v) is 8.76. The van der Waals surface area contributed by atoms with Gasteiger partial charge in [0, 0.05) is 17.3 Å². The van der Waals surface area contributed by atoms with Gasteiger partial charge >= 0.3 is 0 Å². The van der Waals surface area contributed by atoms with Crippen LogP contribution >= 0.6 is 0 Å². The molecule has 1 spiro atoms. The van der Waals surface area contributed by atoms with E-state index < -0.39 is 17.4 Å². The Bertz CT molecular complexity index is 1090. The van der Waals surface area contributed by atoms with Crippen LogP contribution in [0, 0.1) is 23.6 Å². The van der Waals surface area contributed by atoms with Crippen LogP contribution < -0.4 is 10.6 Å². The maximum Gasteiger partial charge on any atom is 0.250 e. The van der Waals surface area contributed by atoms with E-state index >= 15 is 0 Å². The summed E-state index contributed by atoms with van der Waals surface area (Å²) in [5.41, 5.74) is 0.785. The number of amides is 3. The maximum atomic E-state index is 13.7. The molecule has 3 heterocycles. The third-order valence-electron chi connectivity index (χ3n) is 7.16. The molecular weight excluding hydrogens is 397 g/mol. The summed E-state index contributed by atoms with van der Waals surface area (Å²) < 4.78 is 13.3. The number of carbonyl (C=O) groups is 3. The van der Waals surface area contributed by atoms with Gasteiger partial charge in [-0.05, 0) is 29.7 Å². The summed E-state index contributed by atoms with van der Waals surface area (Å²) in [5.74, 6) is -2.65. The van der Waals surface area contributed by atoms with E-state index in [1.54, 1.807) is 12.1 Å². The summed E-state index contributed by atoms with van der Waals surface area (Å²) >= 11 is 0. The van der Waals surface area contributed by atoms with Crippen molar-refractivity contribution in [3.8, 4) is 0 Å². The van der Waals surface area contributed by atoms with Crippen molar-refractivity contribution >= 4 is 23.4 Å². The third kappa shape index (κ3) is 2.69. The number of nitrogens with one attached hydrogen (secondary N) is 2. The molecule has 6 nitrogen and oxygen atoms in total. The molecular formula is C24H24FN3O3. The molecule has 5 rings (SSSR count). The van der Waals surface area contributed by atoms with E-state index in [1.807, 2.05) is 38.1 Å². The number of rotatable bonds is 4. The lowest BCUT2D eigenvalue weighted by molar-refractivity contribution is -0.143. The molecule has 2 N–H and O–H groups in total. The number of imide groups is 1. The molecule has 0 unspecified atom stereocenters. The fourth-order valence-corrected chi connectivity index (χ4v) is 5.42. The molecule has 160 valence electrons. The highest BCUT2D eigenvalue weighted by atomic mass is 19.1. The molecule has 0 saturated carbocycles. The van der Waals surface area contributed by atoms with E-state index in [0.717, 1.165) is 6.42 Å². The first-order chi connectivity index (χ1) is 14.9. The first-order valence-electron chi connectivity index (χ1n) is 10.7. The molecule has 0 aromatic heterocycles. The molecule has 3 amide bonds. The van der Waals surface area contributed by atoms with Gasteiger partial charge in [-0.15, -0.1) is 0 Å². The first kappa shape index (κ1) is 19.9. The molecule has 2 aromatic carbocycles. The zero-order valence-electron chi connectivity index (χ0n) is 17.4. The van der Waals surface area contributed by atoms with Gasteiger partial charge in [-0.2, -0.15) is 0 Å². The molecule has 2 aromatic rings. The highest BCUT2D eigenvalue weighted by Gasteiger charge is 2.70. The Hall–Kier alpha value is -3.06. The topological polar surface area (TPSA) is 78.5 Å². The smallest absolute Gasteiger partial charge is 0.250 e. The number of hydrogen-bond acceptors (Lipinski definition) is 4. The summed E-state index contributed by atoms with van der Waals surface area (Å²) in [6, 6.07) is 12.8. The van der Waals surface area contributed by atoms with E-state index in [-0.39, 0.29) is 42.0 Å². The zero-order chi connectivity index (χ0) is 21.9. The molecule has 7 heteroatoms. The van der Waals surface area contributed by atoms with Crippen molar-refractivity contribution in [1.82, 2.24) is 10.2 Å². The maximum absolute atomic E-state index is 13.7. The summed E-state index contributed by atoms with van der Waals surface area (Å²) in [6.45, 7) is 4.14. The predicted molar refractivity (Wildman–Crippen MR) is 112 cm³/mol. The molecule has 2 saturated heterocycles. The lowest BCUT2D eigenvalue weighted by atomic mass is 9.75. The van der Waals surface area contributed by atoms with Crippen LogP contribution in [0.3, 0.4) is 0 Å². The van der Waals surface area contributed by atoms with Crippen LogP contribution in [0.25, 0.3) is 0 Å². The van der Waals surface area contributed by atoms with E-state index in [2.05, 4.69) is 10.6 Å². The van der Waals surface area contributed by atoms with Crippen molar-refractivity contribution in [3.05, 3.63) is 65.5 Å². The minimum atomic E-state index is -1.26. The normalized spacial score (nSPS) is 30.0. The van der Waals surface area contributed by atoms with Gasteiger partial charge in [-0.3, -0.25) is 24.6 Å². The number of benzene rings is 2. The van der Waals surface area contributed by atoms with Crippen LogP contribution in [-0.4, -0.2) is 28.7 Å². The van der Waals surface area contributed by atoms with Crippen LogP contribution in [0.1, 0.15) is 31.4 Å². The van der Waals surface area contributed by atoms with Gasteiger partial charge < -0.3 is 5.32 Å². The average molecular weight is 421 g/mol. The largest absolute Gasteiger partial charge is 0.324 e. The van der Waals surface area contributed by atoms with Gasteiger partial charge in [0.2, 0.25) is 17.7 Å². The van der Waals surface area contributed by atoms with Crippen molar-refractivity contribution in [3.63, 3.8) is 0 Å². The molecule has 3 aliphatic heterocycles. The highest BCUT2D eigenvalue weighted by molar-refractivity contribution is 6.15. The summed E-state index contributed by atoms with van der Waals surface area (Å²) in [5, 5.41) is 6.35. The number of likely N-dealkylation sites (tertiary alicyclic amines) is 1. The zero-order valence-corrected chi connectivity index (χ0v) is 17.4. The molecule has 0 bridgehead atoms. The van der Waals surface area contributed by atoms with Gasteiger partial charge in [0.05, 0.1) is 18.4 Å². The fourth-order valence-electron chi connectivity index (χ4n) is 5.42. The van der Waals surface area contributed by atoms with Gasteiger partial charge in [0.1, 0.15) is 11.4 Å². The second-order valence-electron chi connectivity index (χ2n) is 8.76. The number of hydrogen-bond donors (Lipinski definition) is 2. The number of fused-ring (bicyclic) bond motifs is 4. The van der Waals surface area contributed by atoms with Gasteiger partial charge in [-0.25, -0.2) is 4.39 Å². The molecule has 0 radical (unpaired) electrons. The molecule has 2 fully saturated rings. The van der Waals surface area contributed by atoms with Gasteiger partial charge in [0.25, 0.3) is 0 Å². The minimum absolute atomic E-state index is 0.0670. The Labute approximate surface area is 179 Å². The monoisotopic (exact) mass is 421 g/mol. The molecule has 31 heavy (non-hydrogen) atoms. The van der Waals surface area contributed by atoms with Crippen LogP contribution in [0.4, 0.5) is 10.1 Å². The van der Waals surface area contributed by atoms with E-state index in [4.69, 9.17) is 0 Å². The number of carbonyl (C=O) groups excluding carboxylic acids is 3. The van der Waals surface area contributed by atoms with Crippen LogP contribution in [0.15, 0.2) is 48.5 Å². The van der Waals surface area contributed by atoms with Crippen LogP contribution in [-0.2, 0) is 26.5 Å². The fraction of sp³-hybridized carbons (Fsp3) is 0.375. The van der Waals surface area contributed by atoms with E-state index in [9.17, 15) is 18.8 Å². The SMILES string of the molecule is CC[C@H](C)[C@H]1N[C@]2(C(=O)Nc3ccccc32)[C@@H]2C(=O)N(Cc3ccc(F)cc3)C(=O)[C@H]12. The molecule has 3 aliphatic rings. The predicted octanol–water partition coefficient (Wildman–Crippen LogP) is 2.79. The van der Waals surface area contributed by atoms with Crippen molar-refractivity contribution in [2.24, 2.45) is 17.8 Å². The summed E-state index contributed by atoms with van der Waals surface area (Å²) in [7, 11) is 0. The summed E-state index contributed by atoms with van der Waals surface area (Å²) in [4.78, 5) is 41.7. The Morgan fingerprint density at radius 3 is 2.48 bits per heavy atom. The van der Waals surface area contributed by atoms with E-state index in [1.165, 1.54) is 17.0 Å². The second kappa shape index (κ2) is 6.99. The number of anilines is 1. The van der Waals surface area contributed by atoms with Gasteiger partial charge in [-0.1, -0.05) is 50.6 Å². The van der Waals surface area contributed by atoms with Crippen molar-refractivity contribution in [2.45, 2.75) is 38.4 Å². The van der Waals surface area contributed by atoms with E-state index in [0.29, 0.717) is 16.8 Å². The quantitative estimate of drug-likeness (QED) is 0.745. The number of nitrogens with zero attached hydrogens (tertiary/aromatic N) is 1. The third-order valence-corrected chi connectivity index (χ3v) is 7.16. The Morgan fingerprint density at radius 2 is 1.77 bits per heavy atom. The molecule has 0 aliphatic carbocycles. The standard InChI is InChI=1S/C24H24FN3O3/c1-3-13(2)20-18-19(24(27-20)16-6-4-5-7-17(16)26-23(24)31)22(30)28(21(18)29)12-14-8-10-15(25)11-9-14/h4-11,13,18-20,27H,3,12H2,1-2H3,(H,26,31)/t13-,18-,19-,20+,24-/m0/s1. The lowest BCUT2D eigenvalue weighted by Crippen LogP contribution is -2.54. The first-order valence-corrected chi connectivity index (χ1v) is 10.7. The van der Waals surface area contributed by atoms with Crippen LogP contribution in [0.2, 0.25) is 0 Å². The minimum Gasteiger partial charge on any atom is -0.324 e. The van der Waals surface area contributed by atoms with Crippen molar-refractivity contribution in [2.75, 3.05) is 5.32 Å². The Morgan fingerprint density at radius 1 is 1.06 bits per heavy atom. The van der Waals surface area contributed by atoms with Crippen molar-refractivity contribution < 1.29 is 18.8 Å². The molecule has 5 atom stereocenters.